The number of benzene rings is 2. The molecule has 1 fully saturated rings. The van der Waals surface area contributed by atoms with Gasteiger partial charge >= 0.3 is 0 Å². The summed E-state index contributed by atoms with van der Waals surface area (Å²) in [6.45, 7) is 6.14. The van der Waals surface area contributed by atoms with E-state index < -0.39 is 4.92 Å². The van der Waals surface area contributed by atoms with Gasteiger partial charge in [-0.05, 0) is 64.3 Å². The average Bonchev–Trinajstić information content (AvgIpc) is 3.22. The Morgan fingerprint density at radius 2 is 1.70 bits per heavy atom. The number of nitrogens with zero attached hydrogens (tertiary/aromatic N) is 5. The molecule has 0 aliphatic carbocycles. The van der Waals surface area contributed by atoms with Crippen LogP contribution in [0.2, 0.25) is 0 Å². The Labute approximate surface area is 197 Å². The van der Waals surface area contributed by atoms with E-state index in [2.05, 4.69) is 24.0 Å². The molecule has 0 unspecified atom stereocenters. The fourth-order valence-electron chi connectivity index (χ4n) is 4.35. The summed E-state index contributed by atoms with van der Waals surface area (Å²) >= 11 is 1.38. The summed E-state index contributed by atoms with van der Waals surface area (Å²) < 4.78 is 1.90. The van der Waals surface area contributed by atoms with Crippen molar-refractivity contribution in [3.8, 4) is 17.1 Å². The molecular weight excluding hydrogens is 438 g/mol. The molecule has 0 spiro atoms. The molecule has 0 N–H and O–H groups in total. The number of rotatable bonds is 6. The number of carbonyl (C=O) groups excluding carboxylic acids is 1. The minimum atomic E-state index is -0.428. The van der Waals surface area contributed by atoms with E-state index in [9.17, 15) is 14.9 Å². The van der Waals surface area contributed by atoms with Crippen LogP contribution in [0.4, 0.5) is 5.69 Å². The second-order valence-corrected chi connectivity index (χ2v) is 9.72. The predicted molar refractivity (Wildman–Crippen MR) is 128 cm³/mol. The van der Waals surface area contributed by atoms with Gasteiger partial charge in [0.2, 0.25) is 5.91 Å². The Kier molecular flexibility index (Phi) is 6.78. The summed E-state index contributed by atoms with van der Waals surface area (Å²) in [5.74, 6) is 0.678. The molecule has 33 heavy (non-hydrogen) atoms. The molecule has 0 saturated carbocycles. The van der Waals surface area contributed by atoms with E-state index in [1.165, 1.54) is 23.9 Å². The Bertz CT molecular complexity index is 1120. The lowest BCUT2D eigenvalue weighted by molar-refractivity contribution is -0.384. The fraction of sp³-hybridized carbons (Fsp3) is 0.375. The van der Waals surface area contributed by atoms with Crippen molar-refractivity contribution in [3.63, 3.8) is 0 Å². The van der Waals surface area contributed by atoms with E-state index in [1.807, 2.05) is 46.7 Å². The third-order valence-electron chi connectivity index (χ3n) is 6.06. The first-order chi connectivity index (χ1) is 15.9. The molecule has 1 aromatic heterocycles. The van der Waals surface area contributed by atoms with Crippen LogP contribution in [0.5, 0.6) is 0 Å². The van der Waals surface area contributed by atoms with Crippen molar-refractivity contribution >= 4 is 23.4 Å². The highest BCUT2D eigenvalue weighted by Crippen LogP contribution is 2.33. The maximum atomic E-state index is 13.3. The topological polar surface area (TPSA) is 94.2 Å². The highest BCUT2D eigenvalue weighted by molar-refractivity contribution is 8.00. The number of nitro benzene ring substituents is 1. The maximum Gasteiger partial charge on any atom is 0.269 e. The molecule has 8 nitrogen and oxygen atoms in total. The van der Waals surface area contributed by atoms with Crippen molar-refractivity contribution in [2.75, 3.05) is 0 Å². The lowest BCUT2D eigenvalue weighted by Crippen LogP contribution is -2.50. The second kappa shape index (κ2) is 9.74. The van der Waals surface area contributed by atoms with Gasteiger partial charge in [0.15, 0.2) is 11.0 Å². The number of non-ortho nitro benzene ring substituents is 1. The number of amides is 1. The molecule has 1 aliphatic rings. The zero-order valence-electron chi connectivity index (χ0n) is 18.9. The zero-order chi connectivity index (χ0) is 23.5. The van der Waals surface area contributed by atoms with Gasteiger partial charge in [0.05, 0.1) is 10.2 Å². The minimum Gasteiger partial charge on any atom is -0.336 e. The van der Waals surface area contributed by atoms with Crippen LogP contribution in [0, 0.1) is 10.1 Å². The van der Waals surface area contributed by atoms with E-state index in [-0.39, 0.29) is 28.9 Å². The highest BCUT2D eigenvalue weighted by Gasteiger charge is 2.33. The van der Waals surface area contributed by atoms with Crippen LogP contribution >= 0.6 is 11.8 Å². The highest BCUT2D eigenvalue weighted by atomic mass is 32.2. The van der Waals surface area contributed by atoms with Gasteiger partial charge in [-0.3, -0.25) is 19.5 Å². The molecule has 4 rings (SSSR count). The van der Waals surface area contributed by atoms with Gasteiger partial charge in [0, 0.05) is 35.5 Å². The summed E-state index contributed by atoms with van der Waals surface area (Å²) in [6, 6.07) is 16.4. The quantitative estimate of drug-likeness (QED) is 0.285. The van der Waals surface area contributed by atoms with Crippen molar-refractivity contribution in [3.05, 3.63) is 64.7 Å². The van der Waals surface area contributed by atoms with Crippen LogP contribution in [0.3, 0.4) is 0 Å². The molecule has 2 heterocycles. The van der Waals surface area contributed by atoms with Gasteiger partial charge in [-0.25, -0.2) is 0 Å². The Morgan fingerprint density at radius 1 is 1.06 bits per heavy atom. The molecule has 9 heteroatoms. The smallest absolute Gasteiger partial charge is 0.269 e. The number of para-hydroxylation sites is 1. The molecule has 3 aromatic rings. The van der Waals surface area contributed by atoms with E-state index in [0.29, 0.717) is 16.5 Å². The van der Waals surface area contributed by atoms with E-state index in [1.54, 1.807) is 12.1 Å². The molecule has 1 amide bonds. The first-order valence-corrected chi connectivity index (χ1v) is 12.0. The molecule has 172 valence electrons. The van der Waals surface area contributed by atoms with Crippen LogP contribution in [0.1, 0.15) is 40.0 Å². The number of hydrogen-bond donors (Lipinski definition) is 0. The third kappa shape index (κ3) is 4.78. The fourth-order valence-corrected chi connectivity index (χ4v) is 5.27. The normalized spacial score (nSPS) is 19.3. The number of hydrogen-bond acceptors (Lipinski definition) is 6. The number of likely N-dealkylation sites (tertiary alicyclic amines) is 1. The first-order valence-electron chi connectivity index (χ1n) is 11.1. The lowest BCUT2D eigenvalue weighted by Gasteiger charge is -2.40. The number of aromatic nitrogens is 3. The Hall–Kier alpha value is -3.20. The third-order valence-corrected chi connectivity index (χ3v) is 7.09. The summed E-state index contributed by atoms with van der Waals surface area (Å²) in [4.78, 5) is 26.0. The number of nitro groups is 1. The summed E-state index contributed by atoms with van der Waals surface area (Å²) in [5, 5.41) is 20.1. The van der Waals surface area contributed by atoms with E-state index in [0.717, 1.165) is 24.9 Å². The van der Waals surface area contributed by atoms with Crippen LogP contribution in [-0.4, -0.2) is 47.8 Å². The van der Waals surface area contributed by atoms with Crippen molar-refractivity contribution < 1.29 is 9.72 Å². The molecular formula is C24H27N5O3S. The minimum absolute atomic E-state index is 0.0168. The van der Waals surface area contributed by atoms with E-state index in [4.69, 9.17) is 0 Å². The molecule has 1 saturated heterocycles. The number of piperidine rings is 1. The zero-order valence-corrected chi connectivity index (χ0v) is 19.7. The van der Waals surface area contributed by atoms with Gasteiger partial charge < -0.3 is 4.90 Å². The molecule has 0 bridgehead atoms. The average molecular weight is 466 g/mol. The van der Waals surface area contributed by atoms with Crippen LogP contribution in [0.25, 0.3) is 17.1 Å². The van der Waals surface area contributed by atoms with Crippen molar-refractivity contribution in [1.29, 1.82) is 0 Å². The van der Waals surface area contributed by atoms with Crippen molar-refractivity contribution in [2.24, 2.45) is 0 Å². The van der Waals surface area contributed by atoms with Gasteiger partial charge in [-0.1, -0.05) is 30.0 Å². The largest absolute Gasteiger partial charge is 0.336 e. The van der Waals surface area contributed by atoms with Gasteiger partial charge in [0.25, 0.3) is 5.69 Å². The van der Waals surface area contributed by atoms with Gasteiger partial charge in [-0.2, -0.15) is 0 Å². The molecule has 2 aromatic carbocycles. The molecule has 0 radical (unpaired) electrons. The number of thioether (sulfide) groups is 1. The molecule has 3 atom stereocenters. The van der Waals surface area contributed by atoms with Crippen LogP contribution < -0.4 is 0 Å². The standard InChI is InChI=1S/C24H27N5O3S/c1-16-8-7-9-17(2)27(16)23(30)18(3)33-24-26-25-22(28(24)20-10-5-4-6-11-20)19-12-14-21(15-13-19)29(31)32/h4-6,10-18H,7-9H2,1-3H3/t16-,17-,18-/m1/s1. The van der Waals surface area contributed by atoms with Crippen LogP contribution in [0.15, 0.2) is 59.8 Å². The van der Waals surface area contributed by atoms with Crippen molar-refractivity contribution in [1.82, 2.24) is 19.7 Å². The number of carbonyl (C=O) groups is 1. The summed E-state index contributed by atoms with van der Waals surface area (Å²) in [5.41, 5.74) is 1.59. The van der Waals surface area contributed by atoms with Gasteiger partial charge in [-0.15, -0.1) is 10.2 Å². The molecule has 1 aliphatic heterocycles. The second-order valence-electron chi connectivity index (χ2n) is 8.42. The first kappa shape index (κ1) is 23.0. The van der Waals surface area contributed by atoms with Crippen LogP contribution in [-0.2, 0) is 4.79 Å². The predicted octanol–water partition coefficient (Wildman–Crippen LogP) is 5.11. The maximum absolute atomic E-state index is 13.3. The Balaban J connectivity index is 1.67. The van der Waals surface area contributed by atoms with Gasteiger partial charge in [0.1, 0.15) is 0 Å². The lowest BCUT2D eigenvalue weighted by atomic mass is 9.97. The van der Waals surface area contributed by atoms with Crippen molar-refractivity contribution in [2.45, 2.75) is 62.5 Å². The summed E-state index contributed by atoms with van der Waals surface area (Å²) in [7, 11) is 0. The SMILES string of the molecule is C[C@@H]1CCC[C@@H](C)N1C(=O)[C@@H](C)Sc1nnc(-c2ccc([N+](=O)[O-])cc2)n1-c1ccccc1. The Morgan fingerprint density at radius 3 is 2.30 bits per heavy atom. The summed E-state index contributed by atoms with van der Waals surface area (Å²) in [6.07, 6.45) is 3.20. The monoisotopic (exact) mass is 465 g/mol. The van der Waals surface area contributed by atoms with E-state index >= 15 is 0 Å².